The van der Waals surface area contributed by atoms with Crippen LogP contribution in [0.25, 0.3) is 0 Å². The molecule has 1 atom stereocenters. The van der Waals surface area contributed by atoms with Crippen molar-refractivity contribution in [2.75, 3.05) is 26.2 Å². The summed E-state index contributed by atoms with van der Waals surface area (Å²) >= 11 is 0. The maximum atomic E-state index is 12.7. The molecule has 0 aliphatic carbocycles. The van der Waals surface area contributed by atoms with Crippen LogP contribution in [0.2, 0.25) is 0 Å². The number of hydrogen-bond acceptors (Lipinski definition) is 6. The van der Waals surface area contributed by atoms with Crippen LogP contribution < -0.4 is 0 Å². The maximum absolute atomic E-state index is 12.7. The van der Waals surface area contributed by atoms with Gasteiger partial charge in [-0.15, -0.1) is 0 Å². The van der Waals surface area contributed by atoms with E-state index in [9.17, 15) is 18.0 Å². The van der Waals surface area contributed by atoms with Crippen LogP contribution in [0, 0.1) is 11.3 Å². The van der Waals surface area contributed by atoms with E-state index in [1.807, 2.05) is 0 Å². The van der Waals surface area contributed by atoms with E-state index in [0.29, 0.717) is 13.1 Å². The quantitative estimate of drug-likeness (QED) is 0.724. The maximum Gasteiger partial charge on any atom is 0.339 e. The number of ether oxygens (including phenoxy) is 1. The number of nitrogens with zero attached hydrogens (tertiary/aromatic N) is 3. The van der Waals surface area contributed by atoms with Crippen LogP contribution in [-0.4, -0.2) is 61.8 Å². The number of piperazine rings is 1. The molecule has 1 fully saturated rings. The van der Waals surface area contributed by atoms with Gasteiger partial charge < -0.3 is 9.64 Å². The summed E-state index contributed by atoms with van der Waals surface area (Å²) in [5.74, 6) is -0.846. The van der Waals surface area contributed by atoms with Crippen molar-refractivity contribution in [1.29, 1.82) is 5.26 Å². The summed E-state index contributed by atoms with van der Waals surface area (Å²) in [5, 5.41) is 8.69. The molecular formula is C16H19N3O5S. The molecule has 0 bridgehead atoms. The summed E-state index contributed by atoms with van der Waals surface area (Å²) in [4.78, 5) is 24.9. The molecule has 1 aliphatic rings. The van der Waals surface area contributed by atoms with Gasteiger partial charge in [-0.05, 0) is 25.1 Å². The largest absolute Gasteiger partial charge is 0.444 e. The molecule has 1 amide bonds. The van der Waals surface area contributed by atoms with Crippen LogP contribution in [0.1, 0.15) is 24.2 Å². The number of esters is 1. The van der Waals surface area contributed by atoms with Crippen molar-refractivity contribution in [3.05, 3.63) is 29.8 Å². The summed E-state index contributed by atoms with van der Waals surface area (Å²) in [7, 11) is -3.78. The first-order valence-electron chi connectivity index (χ1n) is 7.72. The topological polar surface area (TPSA) is 108 Å². The van der Waals surface area contributed by atoms with Crippen molar-refractivity contribution < 1.29 is 22.7 Å². The van der Waals surface area contributed by atoms with Crippen LogP contribution in [0.3, 0.4) is 0 Å². The zero-order valence-corrected chi connectivity index (χ0v) is 14.8. The molecule has 0 aromatic heterocycles. The minimum atomic E-state index is -3.78. The van der Waals surface area contributed by atoms with Gasteiger partial charge >= 0.3 is 5.97 Å². The Morgan fingerprint density at radius 3 is 2.44 bits per heavy atom. The van der Waals surface area contributed by atoms with E-state index in [1.165, 1.54) is 42.4 Å². The number of carbonyl (C=O) groups excluding carboxylic acids is 2. The lowest BCUT2D eigenvalue weighted by atomic mass is 10.2. The number of hydrogen-bond donors (Lipinski definition) is 0. The average molecular weight is 365 g/mol. The van der Waals surface area contributed by atoms with Gasteiger partial charge in [-0.2, -0.15) is 9.57 Å². The molecule has 0 spiro atoms. The van der Waals surface area contributed by atoms with E-state index in [-0.39, 0.29) is 29.5 Å². The Labute approximate surface area is 146 Å². The molecule has 1 heterocycles. The highest BCUT2D eigenvalue weighted by molar-refractivity contribution is 7.89. The third kappa shape index (κ3) is 4.35. The molecule has 1 aliphatic heterocycles. The minimum absolute atomic E-state index is 0.0252. The Kier molecular flexibility index (Phi) is 5.77. The third-order valence-electron chi connectivity index (χ3n) is 3.86. The first kappa shape index (κ1) is 18.9. The van der Waals surface area contributed by atoms with Crippen LogP contribution in [0.15, 0.2) is 29.2 Å². The second-order valence-corrected chi connectivity index (χ2v) is 7.55. The molecule has 134 valence electrons. The fourth-order valence-corrected chi connectivity index (χ4v) is 3.90. The molecule has 1 aromatic carbocycles. The Hall–Kier alpha value is -2.44. The molecule has 8 nitrogen and oxygen atoms in total. The third-order valence-corrected chi connectivity index (χ3v) is 5.75. The number of rotatable bonds is 4. The zero-order chi connectivity index (χ0) is 18.6. The summed E-state index contributed by atoms with van der Waals surface area (Å²) < 4.78 is 31.6. The van der Waals surface area contributed by atoms with Gasteiger partial charge in [0.05, 0.1) is 10.5 Å². The number of sulfonamides is 1. The predicted octanol–water partition coefficient (Wildman–Crippen LogP) is 0.608. The van der Waals surface area contributed by atoms with Gasteiger partial charge in [-0.1, -0.05) is 6.07 Å². The number of carbonyl (C=O) groups is 2. The van der Waals surface area contributed by atoms with E-state index in [0.717, 1.165) is 0 Å². The average Bonchev–Trinajstić information content (AvgIpc) is 2.61. The highest BCUT2D eigenvalue weighted by Crippen LogP contribution is 2.19. The lowest BCUT2D eigenvalue weighted by molar-refractivity contribution is -0.129. The molecule has 0 saturated carbocycles. The van der Waals surface area contributed by atoms with E-state index < -0.39 is 22.1 Å². The second-order valence-electron chi connectivity index (χ2n) is 5.61. The zero-order valence-electron chi connectivity index (χ0n) is 14.0. The molecular weight excluding hydrogens is 346 g/mol. The lowest BCUT2D eigenvalue weighted by Gasteiger charge is -2.33. The van der Waals surface area contributed by atoms with E-state index >= 15 is 0 Å². The molecule has 0 radical (unpaired) electrons. The van der Waals surface area contributed by atoms with Crippen LogP contribution in [0.5, 0.6) is 0 Å². The van der Waals surface area contributed by atoms with Gasteiger partial charge in [0.2, 0.25) is 15.9 Å². The SMILES string of the molecule is CC(=O)N1CCN(S(=O)(=O)c2cccc(C(=O)O[C@H](C)C#N)c2)CC1. The molecule has 1 saturated heterocycles. The molecule has 9 heteroatoms. The van der Waals surface area contributed by atoms with Gasteiger partial charge in [-0.25, -0.2) is 13.2 Å². The summed E-state index contributed by atoms with van der Waals surface area (Å²) in [5.41, 5.74) is 0.0607. The first-order valence-corrected chi connectivity index (χ1v) is 9.16. The van der Waals surface area contributed by atoms with Gasteiger partial charge in [0, 0.05) is 33.1 Å². The summed E-state index contributed by atoms with van der Waals surface area (Å²) in [6.45, 7) is 3.92. The van der Waals surface area contributed by atoms with Crippen molar-refractivity contribution in [3.8, 4) is 6.07 Å². The number of amides is 1. The minimum Gasteiger partial charge on any atom is -0.444 e. The van der Waals surface area contributed by atoms with Crippen molar-refractivity contribution >= 4 is 21.9 Å². The van der Waals surface area contributed by atoms with Crippen molar-refractivity contribution in [1.82, 2.24) is 9.21 Å². The molecule has 1 aromatic rings. The normalized spacial score (nSPS) is 16.8. The summed E-state index contributed by atoms with van der Waals surface area (Å²) in [6, 6.07) is 7.29. The van der Waals surface area contributed by atoms with Crippen molar-refractivity contribution in [3.63, 3.8) is 0 Å². The highest BCUT2D eigenvalue weighted by atomic mass is 32.2. The number of nitriles is 1. The standard InChI is InChI=1S/C16H19N3O5S/c1-12(11-17)24-16(21)14-4-3-5-15(10-14)25(22,23)19-8-6-18(7-9-19)13(2)20/h3-5,10,12H,6-9H2,1-2H3/t12-/m1/s1. The molecule has 0 unspecified atom stereocenters. The lowest BCUT2D eigenvalue weighted by Crippen LogP contribution is -2.49. The van der Waals surface area contributed by atoms with E-state index in [1.54, 1.807) is 11.0 Å². The fraction of sp³-hybridized carbons (Fsp3) is 0.438. The van der Waals surface area contributed by atoms with E-state index in [2.05, 4.69) is 0 Å². The first-order chi connectivity index (χ1) is 11.8. The Bertz CT molecular complexity index is 807. The Morgan fingerprint density at radius 2 is 1.88 bits per heavy atom. The second kappa shape index (κ2) is 7.63. The van der Waals surface area contributed by atoms with Crippen LogP contribution in [-0.2, 0) is 19.6 Å². The summed E-state index contributed by atoms with van der Waals surface area (Å²) in [6.07, 6.45) is -0.924. The highest BCUT2D eigenvalue weighted by Gasteiger charge is 2.29. The van der Waals surface area contributed by atoms with Crippen molar-refractivity contribution in [2.24, 2.45) is 0 Å². The fourth-order valence-electron chi connectivity index (χ4n) is 2.43. The Balaban J connectivity index is 2.18. The Morgan fingerprint density at radius 1 is 1.24 bits per heavy atom. The monoisotopic (exact) mass is 365 g/mol. The van der Waals surface area contributed by atoms with Gasteiger partial charge in [0.15, 0.2) is 6.10 Å². The van der Waals surface area contributed by atoms with Gasteiger partial charge in [0.25, 0.3) is 0 Å². The van der Waals surface area contributed by atoms with Crippen LogP contribution >= 0.6 is 0 Å². The van der Waals surface area contributed by atoms with Gasteiger partial charge in [0.1, 0.15) is 6.07 Å². The number of benzene rings is 1. The van der Waals surface area contributed by atoms with Gasteiger partial charge in [-0.3, -0.25) is 4.79 Å². The van der Waals surface area contributed by atoms with E-state index in [4.69, 9.17) is 10.00 Å². The molecule has 25 heavy (non-hydrogen) atoms. The predicted molar refractivity (Wildman–Crippen MR) is 87.9 cm³/mol. The molecule has 0 N–H and O–H groups in total. The smallest absolute Gasteiger partial charge is 0.339 e. The molecule has 2 rings (SSSR count). The van der Waals surface area contributed by atoms with Crippen LogP contribution in [0.4, 0.5) is 0 Å². The van der Waals surface area contributed by atoms with Crippen molar-refractivity contribution in [2.45, 2.75) is 24.8 Å².